The smallest absolute Gasteiger partial charge is 0.303 e. The van der Waals surface area contributed by atoms with Crippen molar-refractivity contribution in [1.29, 1.82) is 0 Å². The number of carbonyl (C=O) groups excluding carboxylic acids is 1. The van der Waals surface area contributed by atoms with Crippen LogP contribution in [0.1, 0.15) is 20.3 Å². The Morgan fingerprint density at radius 3 is 2.63 bits per heavy atom. The van der Waals surface area contributed by atoms with Crippen LogP contribution in [0.15, 0.2) is 24.3 Å². The Morgan fingerprint density at radius 2 is 2.00 bits per heavy atom. The van der Waals surface area contributed by atoms with E-state index in [-0.39, 0.29) is 12.6 Å². The molecule has 19 heavy (non-hydrogen) atoms. The molecule has 1 atom stereocenters. The van der Waals surface area contributed by atoms with Crippen LogP contribution in [0.3, 0.4) is 0 Å². The molecule has 0 saturated heterocycles. The SMILES string of the molecule is CC#CC#CC#C/C=C/C=C/[C@H](CCO)OC(C)=O. The molecule has 0 radical (unpaired) electrons. The van der Waals surface area contributed by atoms with Crippen LogP contribution in [0.2, 0.25) is 0 Å². The van der Waals surface area contributed by atoms with Crippen molar-refractivity contribution in [3.63, 3.8) is 0 Å². The first-order chi connectivity index (χ1) is 9.20. The predicted octanol–water partition coefficient (Wildman–Crippen LogP) is 1.44. The maximum atomic E-state index is 10.8. The van der Waals surface area contributed by atoms with Crippen LogP contribution in [0.25, 0.3) is 0 Å². The zero-order valence-corrected chi connectivity index (χ0v) is 11.1. The molecule has 0 fully saturated rings. The van der Waals surface area contributed by atoms with Gasteiger partial charge in [-0.05, 0) is 42.8 Å². The van der Waals surface area contributed by atoms with Crippen molar-refractivity contribution < 1.29 is 14.6 Å². The van der Waals surface area contributed by atoms with Crippen molar-refractivity contribution in [3.05, 3.63) is 24.3 Å². The highest BCUT2D eigenvalue weighted by Crippen LogP contribution is 2.00. The third-order valence-electron chi connectivity index (χ3n) is 1.73. The third kappa shape index (κ3) is 11.8. The van der Waals surface area contributed by atoms with E-state index in [1.165, 1.54) is 6.92 Å². The Hall–Kier alpha value is -2.41. The molecule has 0 unspecified atom stereocenters. The average Bonchev–Trinajstić information content (AvgIpc) is 2.36. The topological polar surface area (TPSA) is 46.5 Å². The minimum Gasteiger partial charge on any atom is -0.458 e. The average molecular weight is 256 g/mol. The number of allylic oxidation sites excluding steroid dienone is 3. The summed E-state index contributed by atoms with van der Waals surface area (Å²) in [4.78, 5) is 10.8. The summed E-state index contributed by atoms with van der Waals surface area (Å²) < 4.78 is 4.97. The first-order valence-electron chi connectivity index (χ1n) is 5.74. The van der Waals surface area contributed by atoms with Gasteiger partial charge in [0.25, 0.3) is 0 Å². The van der Waals surface area contributed by atoms with E-state index in [1.54, 1.807) is 31.2 Å². The summed E-state index contributed by atoms with van der Waals surface area (Å²) in [6, 6.07) is 0. The molecule has 0 aliphatic rings. The summed E-state index contributed by atoms with van der Waals surface area (Å²) in [7, 11) is 0. The van der Waals surface area contributed by atoms with E-state index in [2.05, 4.69) is 35.5 Å². The Morgan fingerprint density at radius 1 is 1.26 bits per heavy atom. The molecule has 0 heterocycles. The van der Waals surface area contributed by atoms with Gasteiger partial charge in [0.1, 0.15) is 6.10 Å². The van der Waals surface area contributed by atoms with E-state index in [9.17, 15) is 4.79 Å². The normalized spacial score (nSPS) is 10.7. The molecule has 3 heteroatoms. The van der Waals surface area contributed by atoms with Crippen molar-refractivity contribution in [2.24, 2.45) is 0 Å². The molecule has 0 aliphatic heterocycles. The molecular weight excluding hydrogens is 240 g/mol. The summed E-state index contributed by atoms with van der Waals surface area (Å²) in [5.74, 6) is 15.3. The van der Waals surface area contributed by atoms with E-state index in [1.807, 2.05) is 0 Å². The lowest BCUT2D eigenvalue weighted by atomic mass is 10.2. The van der Waals surface area contributed by atoms with Gasteiger partial charge in [0.2, 0.25) is 0 Å². The first-order valence-corrected chi connectivity index (χ1v) is 5.74. The quantitative estimate of drug-likeness (QED) is 0.460. The maximum absolute atomic E-state index is 10.8. The van der Waals surface area contributed by atoms with Gasteiger partial charge in [0.05, 0.1) is 0 Å². The van der Waals surface area contributed by atoms with Gasteiger partial charge in [-0.25, -0.2) is 0 Å². The molecule has 0 amide bonds. The minimum atomic E-state index is -0.417. The lowest BCUT2D eigenvalue weighted by molar-refractivity contribution is -0.144. The molecule has 98 valence electrons. The molecule has 0 spiro atoms. The van der Waals surface area contributed by atoms with Crippen molar-refractivity contribution in [2.75, 3.05) is 6.61 Å². The standard InChI is InChI=1S/C16H16O3/c1-3-4-5-6-7-8-9-10-11-12-16(13-14-17)19-15(2)18/h9-12,16-17H,13-14H2,1-2H3/b10-9+,12-11+/t16-/m1/s1. The van der Waals surface area contributed by atoms with Crippen molar-refractivity contribution in [3.8, 4) is 35.5 Å². The third-order valence-corrected chi connectivity index (χ3v) is 1.73. The number of aliphatic hydroxyl groups excluding tert-OH is 1. The second kappa shape index (κ2) is 12.1. The minimum absolute atomic E-state index is 0.0418. The molecule has 0 saturated carbocycles. The summed E-state index contributed by atoms with van der Waals surface area (Å²) in [5, 5.41) is 8.80. The van der Waals surface area contributed by atoms with E-state index < -0.39 is 6.10 Å². The zero-order valence-electron chi connectivity index (χ0n) is 11.1. The number of esters is 1. The maximum Gasteiger partial charge on any atom is 0.303 e. The van der Waals surface area contributed by atoms with Crippen LogP contribution in [-0.4, -0.2) is 23.8 Å². The number of hydrogen-bond acceptors (Lipinski definition) is 3. The number of aliphatic hydroxyl groups is 1. The molecular formula is C16H16O3. The molecule has 0 aromatic carbocycles. The highest BCUT2D eigenvalue weighted by Gasteiger charge is 2.05. The Kier molecular flexibility index (Phi) is 10.5. The predicted molar refractivity (Wildman–Crippen MR) is 74.5 cm³/mol. The number of hydrogen-bond donors (Lipinski definition) is 1. The van der Waals surface area contributed by atoms with Crippen molar-refractivity contribution in [2.45, 2.75) is 26.4 Å². The largest absolute Gasteiger partial charge is 0.458 e. The number of rotatable bonds is 5. The van der Waals surface area contributed by atoms with Gasteiger partial charge in [0, 0.05) is 20.0 Å². The Bertz CT molecular complexity index is 507. The Labute approximate surface area is 114 Å². The van der Waals surface area contributed by atoms with Crippen LogP contribution >= 0.6 is 0 Å². The van der Waals surface area contributed by atoms with Crippen LogP contribution in [-0.2, 0) is 9.53 Å². The molecule has 3 nitrogen and oxygen atoms in total. The van der Waals surface area contributed by atoms with Crippen LogP contribution in [0, 0.1) is 35.5 Å². The van der Waals surface area contributed by atoms with Crippen LogP contribution in [0.5, 0.6) is 0 Å². The second-order valence-electron chi connectivity index (χ2n) is 3.30. The molecule has 1 N–H and O–H groups in total. The molecule has 0 bridgehead atoms. The van der Waals surface area contributed by atoms with Gasteiger partial charge in [0.15, 0.2) is 0 Å². The van der Waals surface area contributed by atoms with Gasteiger partial charge in [-0.15, -0.1) is 0 Å². The Balaban J connectivity index is 4.26. The number of ether oxygens (including phenoxy) is 1. The van der Waals surface area contributed by atoms with E-state index in [0.717, 1.165) is 0 Å². The van der Waals surface area contributed by atoms with Gasteiger partial charge in [-0.2, -0.15) is 0 Å². The second-order valence-corrected chi connectivity index (χ2v) is 3.30. The van der Waals surface area contributed by atoms with Crippen LogP contribution < -0.4 is 0 Å². The fourth-order valence-corrected chi connectivity index (χ4v) is 1.03. The molecule has 0 aromatic rings. The summed E-state index contributed by atoms with van der Waals surface area (Å²) >= 11 is 0. The van der Waals surface area contributed by atoms with Crippen LogP contribution in [0.4, 0.5) is 0 Å². The van der Waals surface area contributed by atoms with E-state index >= 15 is 0 Å². The number of carbonyl (C=O) groups is 1. The fourth-order valence-electron chi connectivity index (χ4n) is 1.03. The van der Waals surface area contributed by atoms with E-state index in [0.29, 0.717) is 6.42 Å². The molecule has 0 aromatic heterocycles. The lowest BCUT2D eigenvalue weighted by Crippen LogP contribution is -2.14. The van der Waals surface area contributed by atoms with Gasteiger partial charge < -0.3 is 9.84 Å². The summed E-state index contributed by atoms with van der Waals surface area (Å²) in [5.41, 5.74) is 0. The highest BCUT2D eigenvalue weighted by molar-refractivity contribution is 5.66. The van der Waals surface area contributed by atoms with Gasteiger partial charge in [-0.3, -0.25) is 4.79 Å². The monoisotopic (exact) mass is 256 g/mol. The van der Waals surface area contributed by atoms with Gasteiger partial charge >= 0.3 is 5.97 Å². The molecule has 0 rings (SSSR count). The zero-order chi connectivity index (χ0) is 14.3. The van der Waals surface area contributed by atoms with Crippen molar-refractivity contribution in [1.82, 2.24) is 0 Å². The van der Waals surface area contributed by atoms with Gasteiger partial charge in [-0.1, -0.05) is 24.0 Å². The highest BCUT2D eigenvalue weighted by atomic mass is 16.5. The van der Waals surface area contributed by atoms with Crippen molar-refractivity contribution >= 4 is 5.97 Å². The lowest BCUT2D eigenvalue weighted by Gasteiger charge is -2.10. The summed E-state index contributed by atoms with van der Waals surface area (Å²) in [6.45, 7) is 3.00. The summed E-state index contributed by atoms with van der Waals surface area (Å²) in [6.07, 6.45) is 6.67. The first kappa shape index (κ1) is 16.6. The van der Waals surface area contributed by atoms with E-state index in [4.69, 9.17) is 9.84 Å². The fraction of sp³-hybridized carbons (Fsp3) is 0.312. The molecule has 0 aliphatic carbocycles.